The van der Waals surface area contributed by atoms with E-state index in [9.17, 15) is 4.79 Å². The first kappa shape index (κ1) is 16.3. The summed E-state index contributed by atoms with van der Waals surface area (Å²) in [7, 11) is 0. The summed E-state index contributed by atoms with van der Waals surface area (Å²) in [5, 5.41) is 3.17. The first-order valence-electron chi connectivity index (χ1n) is 7.91. The van der Waals surface area contributed by atoms with E-state index in [4.69, 9.17) is 0 Å². The largest absolute Gasteiger partial charge is 0.349 e. The Morgan fingerprint density at radius 2 is 1.64 bits per heavy atom. The lowest BCUT2D eigenvalue weighted by molar-refractivity contribution is -0.121. The van der Waals surface area contributed by atoms with E-state index in [0.29, 0.717) is 6.42 Å². The van der Waals surface area contributed by atoms with E-state index < -0.39 is 0 Å². The summed E-state index contributed by atoms with van der Waals surface area (Å²) in [6.07, 6.45) is 1.32. The third-order valence-electron chi connectivity index (χ3n) is 4.03. The van der Waals surface area contributed by atoms with Gasteiger partial charge >= 0.3 is 0 Å². The Balaban J connectivity index is 2.06. The van der Waals surface area contributed by atoms with Crippen molar-refractivity contribution in [3.05, 3.63) is 70.3 Å². The lowest BCUT2D eigenvalue weighted by atomic mass is 9.97. The van der Waals surface area contributed by atoms with Crippen LogP contribution in [0.5, 0.6) is 0 Å². The van der Waals surface area contributed by atoms with Crippen molar-refractivity contribution in [1.82, 2.24) is 5.32 Å². The fourth-order valence-electron chi connectivity index (χ4n) is 2.75. The molecule has 2 aromatic rings. The SMILES string of the molecule is CC[C@H](NC(=O)Cc1ccc(C)cc1)c1ccc(C)cc1C. The monoisotopic (exact) mass is 295 g/mol. The zero-order chi connectivity index (χ0) is 16.1. The average molecular weight is 295 g/mol. The van der Waals surface area contributed by atoms with Crippen molar-refractivity contribution in [3.8, 4) is 0 Å². The van der Waals surface area contributed by atoms with Crippen molar-refractivity contribution in [2.24, 2.45) is 0 Å². The average Bonchev–Trinajstić information content (AvgIpc) is 2.48. The Morgan fingerprint density at radius 3 is 2.23 bits per heavy atom. The van der Waals surface area contributed by atoms with Crippen molar-refractivity contribution in [2.45, 2.75) is 46.6 Å². The predicted molar refractivity (Wildman–Crippen MR) is 92.0 cm³/mol. The van der Waals surface area contributed by atoms with Crippen LogP contribution >= 0.6 is 0 Å². The first-order chi connectivity index (χ1) is 10.5. The van der Waals surface area contributed by atoms with Crippen LogP contribution in [0.25, 0.3) is 0 Å². The second kappa shape index (κ2) is 7.26. The van der Waals surface area contributed by atoms with Gasteiger partial charge in [-0.05, 0) is 43.9 Å². The molecule has 0 spiro atoms. The zero-order valence-corrected chi connectivity index (χ0v) is 13.9. The molecule has 0 bridgehead atoms. The van der Waals surface area contributed by atoms with Crippen molar-refractivity contribution in [3.63, 3.8) is 0 Å². The number of hydrogen-bond acceptors (Lipinski definition) is 1. The van der Waals surface area contributed by atoms with Crippen LogP contribution in [0, 0.1) is 20.8 Å². The third-order valence-corrected chi connectivity index (χ3v) is 4.03. The fraction of sp³-hybridized carbons (Fsp3) is 0.350. The molecule has 0 fully saturated rings. The molecule has 0 radical (unpaired) electrons. The number of carbonyl (C=O) groups is 1. The summed E-state index contributed by atoms with van der Waals surface area (Å²) in [4.78, 5) is 12.3. The fourth-order valence-corrected chi connectivity index (χ4v) is 2.75. The van der Waals surface area contributed by atoms with Gasteiger partial charge in [0.25, 0.3) is 0 Å². The highest BCUT2D eigenvalue weighted by atomic mass is 16.1. The van der Waals surface area contributed by atoms with E-state index in [1.807, 2.05) is 24.3 Å². The van der Waals surface area contributed by atoms with E-state index in [1.165, 1.54) is 22.3 Å². The Morgan fingerprint density at radius 1 is 1.00 bits per heavy atom. The molecule has 1 N–H and O–H groups in total. The molecule has 0 aliphatic carbocycles. The molecule has 0 saturated heterocycles. The molecule has 0 heterocycles. The van der Waals surface area contributed by atoms with Crippen LogP contribution < -0.4 is 5.32 Å². The minimum atomic E-state index is 0.0793. The Bertz CT molecular complexity index is 643. The summed E-state index contributed by atoms with van der Waals surface area (Å²) >= 11 is 0. The normalized spacial score (nSPS) is 12.0. The van der Waals surface area contributed by atoms with Gasteiger partial charge in [-0.3, -0.25) is 4.79 Å². The van der Waals surface area contributed by atoms with Gasteiger partial charge in [0, 0.05) is 0 Å². The van der Waals surface area contributed by atoms with Crippen LogP contribution in [0.2, 0.25) is 0 Å². The van der Waals surface area contributed by atoms with Crippen LogP contribution in [0.4, 0.5) is 0 Å². The molecule has 2 aromatic carbocycles. The molecule has 116 valence electrons. The van der Waals surface area contributed by atoms with Crippen LogP contribution in [-0.4, -0.2) is 5.91 Å². The van der Waals surface area contributed by atoms with Crippen LogP contribution in [0.1, 0.15) is 47.2 Å². The number of benzene rings is 2. The molecule has 2 nitrogen and oxygen atoms in total. The van der Waals surface area contributed by atoms with E-state index in [1.54, 1.807) is 0 Å². The molecule has 22 heavy (non-hydrogen) atoms. The van der Waals surface area contributed by atoms with E-state index in [-0.39, 0.29) is 11.9 Å². The smallest absolute Gasteiger partial charge is 0.224 e. The van der Waals surface area contributed by atoms with Gasteiger partial charge < -0.3 is 5.32 Å². The van der Waals surface area contributed by atoms with Crippen LogP contribution in [-0.2, 0) is 11.2 Å². The molecule has 0 unspecified atom stereocenters. The quantitative estimate of drug-likeness (QED) is 0.869. The maximum absolute atomic E-state index is 12.3. The maximum Gasteiger partial charge on any atom is 0.224 e. The van der Waals surface area contributed by atoms with Gasteiger partial charge in [-0.15, -0.1) is 0 Å². The van der Waals surface area contributed by atoms with E-state index in [0.717, 1.165) is 12.0 Å². The number of carbonyl (C=O) groups excluding carboxylic acids is 1. The molecule has 1 amide bonds. The summed E-state index contributed by atoms with van der Waals surface area (Å²) < 4.78 is 0. The summed E-state index contributed by atoms with van der Waals surface area (Å²) in [5.41, 5.74) is 5.97. The third kappa shape index (κ3) is 4.20. The lowest BCUT2D eigenvalue weighted by Crippen LogP contribution is -2.30. The summed E-state index contributed by atoms with van der Waals surface area (Å²) in [6, 6.07) is 14.6. The predicted octanol–water partition coefficient (Wildman–Crippen LogP) is 4.42. The van der Waals surface area contributed by atoms with Gasteiger partial charge in [0.15, 0.2) is 0 Å². The molecule has 2 rings (SSSR count). The number of amides is 1. The molecule has 0 aromatic heterocycles. The molecule has 0 aliphatic heterocycles. The standard InChI is InChI=1S/C20H25NO/c1-5-19(18-11-8-15(3)12-16(18)4)21-20(22)13-17-9-6-14(2)7-10-17/h6-12,19H,5,13H2,1-4H3,(H,21,22)/t19-/m0/s1. The van der Waals surface area contributed by atoms with Gasteiger partial charge in [-0.25, -0.2) is 0 Å². The second-order valence-electron chi connectivity index (χ2n) is 6.05. The van der Waals surface area contributed by atoms with Gasteiger partial charge in [0.2, 0.25) is 5.91 Å². The molecule has 0 aliphatic rings. The lowest BCUT2D eigenvalue weighted by Gasteiger charge is -2.20. The Labute approximate surface area is 133 Å². The number of nitrogens with one attached hydrogen (secondary N) is 1. The topological polar surface area (TPSA) is 29.1 Å². The van der Waals surface area contributed by atoms with Gasteiger partial charge in [0.05, 0.1) is 12.5 Å². The minimum absolute atomic E-state index is 0.0793. The van der Waals surface area contributed by atoms with E-state index >= 15 is 0 Å². The number of aryl methyl sites for hydroxylation is 3. The molecule has 2 heteroatoms. The highest BCUT2D eigenvalue weighted by Crippen LogP contribution is 2.21. The summed E-state index contributed by atoms with van der Waals surface area (Å²) in [6.45, 7) is 8.36. The molecular formula is C20H25NO. The van der Waals surface area contributed by atoms with Gasteiger partial charge in [0.1, 0.15) is 0 Å². The number of hydrogen-bond donors (Lipinski definition) is 1. The van der Waals surface area contributed by atoms with E-state index in [2.05, 4.69) is 51.2 Å². The summed E-state index contributed by atoms with van der Waals surface area (Å²) in [5.74, 6) is 0.0793. The second-order valence-corrected chi connectivity index (χ2v) is 6.05. The Hall–Kier alpha value is -2.09. The van der Waals surface area contributed by atoms with Gasteiger partial charge in [-0.2, -0.15) is 0 Å². The Kier molecular flexibility index (Phi) is 5.37. The van der Waals surface area contributed by atoms with Crippen molar-refractivity contribution in [2.75, 3.05) is 0 Å². The van der Waals surface area contributed by atoms with Gasteiger partial charge in [-0.1, -0.05) is 60.5 Å². The molecular weight excluding hydrogens is 270 g/mol. The first-order valence-corrected chi connectivity index (χ1v) is 7.91. The minimum Gasteiger partial charge on any atom is -0.349 e. The molecule has 1 atom stereocenters. The van der Waals surface area contributed by atoms with Crippen molar-refractivity contribution >= 4 is 5.91 Å². The highest BCUT2D eigenvalue weighted by molar-refractivity contribution is 5.79. The number of rotatable bonds is 5. The van der Waals surface area contributed by atoms with Crippen LogP contribution in [0.3, 0.4) is 0 Å². The van der Waals surface area contributed by atoms with Crippen LogP contribution in [0.15, 0.2) is 42.5 Å². The maximum atomic E-state index is 12.3. The highest BCUT2D eigenvalue weighted by Gasteiger charge is 2.15. The van der Waals surface area contributed by atoms with Crippen molar-refractivity contribution in [1.29, 1.82) is 0 Å². The van der Waals surface area contributed by atoms with Crippen molar-refractivity contribution < 1.29 is 4.79 Å². The zero-order valence-electron chi connectivity index (χ0n) is 13.9. The molecule has 0 saturated carbocycles.